The molecule has 116 valence electrons. The summed E-state index contributed by atoms with van der Waals surface area (Å²) in [5, 5.41) is 0. The summed E-state index contributed by atoms with van der Waals surface area (Å²) in [6.07, 6.45) is 5.48. The molecule has 0 amide bonds. The van der Waals surface area contributed by atoms with E-state index in [0.29, 0.717) is 25.0 Å². The van der Waals surface area contributed by atoms with Gasteiger partial charge in [-0.2, -0.15) is 0 Å². The quantitative estimate of drug-likeness (QED) is 0.846. The van der Waals surface area contributed by atoms with Crippen molar-refractivity contribution in [2.45, 2.75) is 19.4 Å². The largest absolute Gasteiger partial charge is 0.315 e. The highest BCUT2D eigenvalue weighted by atomic mass is 32.2. The van der Waals surface area contributed by atoms with Crippen molar-refractivity contribution >= 4 is 16.0 Å². The van der Waals surface area contributed by atoms with Crippen LogP contribution in [0.3, 0.4) is 0 Å². The Morgan fingerprint density at radius 2 is 1.95 bits per heavy atom. The first-order valence-corrected chi connectivity index (χ1v) is 9.30. The summed E-state index contributed by atoms with van der Waals surface area (Å²) in [5.41, 5.74) is 1.30. The van der Waals surface area contributed by atoms with Crippen LogP contribution < -0.4 is 4.31 Å². The van der Waals surface area contributed by atoms with Crippen molar-refractivity contribution in [1.82, 2.24) is 9.55 Å². The second-order valence-electron chi connectivity index (χ2n) is 6.22. The van der Waals surface area contributed by atoms with Gasteiger partial charge < -0.3 is 4.57 Å². The van der Waals surface area contributed by atoms with Gasteiger partial charge in [0.05, 0.1) is 12.3 Å². The van der Waals surface area contributed by atoms with Crippen molar-refractivity contribution in [1.29, 1.82) is 0 Å². The van der Waals surface area contributed by atoms with Crippen LogP contribution in [0, 0.1) is 11.8 Å². The number of anilines is 1. The highest BCUT2D eigenvalue weighted by Crippen LogP contribution is 2.42. The summed E-state index contributed by atoms with van der Waals surface area (Å²) in [6, 6.07) is 10.3. The minimum atomic E-state index is -3.26. The molecule has 0 radical (unpaired) electrons. The number of fused-ring (bicyclic) bond motifs is 1. The van der Waals surface area contributed by atoms with E-state index in [9.17, 15) is 8.42 Å². The lowest BCUT2D eigenvalue weighted by molar-refractivity contribution is 0.584. The van der Waals surface area contributed by atoms with Crippen molar-refractivity contribution in [2.24, 2.45) is 11.8 Å². The fourth-order valence-corrected chi connectivity index (χ4v) is 5.20. The van der Waals surface area contributed by atoms with Crippen LogP contribution in [0.4, 0.5) is 5.95 Å². The number of benzene rings is 1. The maximum Gasteiger partial charge on any atom is 0.237 e. The Labute approximate surface area is 130 Å². The number of rotatable bonds is 5. The summed E-state index contributed by atoms with van der Waals surface area (Å²) in [4.78, 5) is 4.17. The van der Waals surface area contributed by atoms with Gasteiger partial charge in [-0.15, -0.1) is 0 Å². The zero-order chi connectivity index (χ0) is 15.2. The number of imidazole rings is 1. The first-order valence-electron chi connectivity index (χ1n) is 7.69. The monoisotopic (exact) mass is 317 g/mol. The number of hydrogen-bond donors (Lipinski definition) is 0. The van der Waals surface area contributed by atoms with E-state index < -0.39 is 10.0 Å². The van der Waals surface area contributed by atoms with E-state index in [1.807, 2.05) is 29.0 Å². The third-order valence-corrected chi connectivity index (χ3v) is 6.50. The summed E-state index contributed by atoms with van der Waals surface area (Å²) >= 11 is 0. The number of nitrogens with zero attached hydrogens (tertiary/aromatic N) is 3. The molecule has 1 aliphatic heterocycles. The number of aromatic nitrogens is 2. The normalized spacial score (nSPS) is 23.5. The zero-order valence-corrected chi connectivity index (χ0v) is 13.1. The third kappa shape index (κ3) is 2.52. The van der Waals surface area contributed by atoms with Crippen molar-refractivity contribution in [2.75, 3.05) is 16.6 Å². The Morgan fingerprint density at radius 3 is 2.77 bits per heavy atom. The van der Waals surface area contributed by atoms with Crippen LogP contribution >= 0.6 is 0 Å². The first-order chi connectivity index (χ1) is 10.6. The van der Waals surface area contributed by atoms with Gasteiger partial charge in [-0.1, -0.05) is 30.3 Å². The lowest BCUT2D eigenvalue weighted by Gasteiger charge is -2.16. The van der Waals surface area contributed by atoms with Crippen LogP contribution in [0.5, 0.6) is 0 Å². The lowest BCUT2D eigenvalue weighted by atomic mass is 10.1. The van der Waals surface area contributed by atoms with Crippen LogP contribution in [0.25, 0.3) is 0 Å². The van der Waals surface area contributed by atoms with Crippen molar-refractivity contribution in [3.8, 4) is 0 Å². The van der Waals surface area contributed by atoms with E-state index in [2.05, 4.69) is 17.1 Å². The highest BCUT2D eigenvalue weighted by Gasteiger charge is 2.42. The standard InChI is InChI=1S/C16H19N3O2S/c20-22(21,19-9-8-18-7-6-17-16(18)19)12-15-11-14(15)10-13-4-2-1-3-5-13/h1-7,14-15H,8-12H2. The molecule has 4 rings (SSSR count). The lowest BCUT2D eigenvalue weighted by Crippen LogP contribution is -2.32. The van der Waals surface area contributed by atoms with Crippen molar-refractivity contribution in [3.05, 3.63) is 48.3 Å². The predicted octanol–water partition coefficient (Wildman–Crippen LogP) is 1.91. The Kier molecular flexibility index (Phi) is 3.22. The molecular formula is C16H19N3O2S. The molecule has 2 unspecified atom stereocenters. The maximum absolute atomic E-state index is 12.6. The van der Waals surface area contributed by atoms with E-state index in [1.54, 1.807) is 6.20 Å². The van der Waals surface area contributed by atoms with Crippen LogP contribution in [0.2, 0.25) is 0 Å². The van der Waals surface area contributed by atoms with Gasteiger partial charge in [-0.25, -0.2) is 17.7 Å². The fourth-order valence-electron chi connectivity index (χ4n) is 3.31. The molecule has 2 atom stereocenters. The van der Waals surface area contributed by atoms with Crippen LogP contribution in [-0.2, 0) is 23.0 Å². The van der Waals surface area contributed by atoms with Crippen LogP contribution in [-0.4, -0.2) is 30.3 Å². The van der Waals surface area contributed by atoms with Gasteiger partial charge >= 0.3 is 0 Å². The smallest absolute Gasteiger partial charge is 0.237 e. The molecule has 22 heavy (non-hydrogen) atoms. The van der Waals surface area contributed by atoms with Gasteiger partial charge in [0, 0.05) is 18.9 Å². The summed E-state index contributed by atoms with van der Waals surface area (Å²) in [6.45, 7) is 1.22. The molecule has 1 aromatic carbocycles. The Hall–Kier alpha value is -1.82. The molecule has 1 saturated carbocycles. The second kappa shape index (κ2) is 5.12. The number of hydrogen-bond acceptors (Lipinski definition) is 3. The highest BCUT2D eigenvalue weighted by molar-refractivity contribution is 7.92. The summed E-state index contributed by atoms with van der Waals surface area (Å²) in [7, 11) is -3.26. The second-order valence-corrected chi connectivity index (χ2v) is 8.15. The Morgan fingerprint density at radius 1 is 1.14 bits per heavy atom. The minimum Gasteiger partial charge on any atom is -0.315 e. The first kappa shape index (κ1) is 13.8. The number of sulfonamides is 1. The fraction of sp³-hybridized carbons (Fsp3) is 0.438. The molecule has 2 aliphatic rings. The van der Waals surface area contributed by atoms with E-state index in [-0.39, 0.29) is 11.7 Å². The van der Waals surface area contributed by atoms with E-state index in [1.165, 1.54) is 9.87 Å². The molecule has 2 aromatic rings. The molecule has 1 aliphatic carbocycles. The third-order valence-electron chi connectivity index (χ3n) is 4.63. The molecule has 1 fully saturated rings. The van der Waals surface area contributed by atoms with Gasteiger partial charge in [0.2, 0.25) is 16.0 Å². The molecule has 2 heterocycles. The molecular weight excluding hydrogens is 298 g/mol. The van der Waals surface area contributed by atoms with Crippen LogP contribution in [0.15, 0.2) is 42.7 Å². The van der Waals surface area contributed by atoms with E-state index >= 15 is 0 Å². The van der Waals surface area contributed by atoms with Gasteiger partial charge in [0.25, 0.3) is 0 Å². The van der Waals surface area contributed by atoms with Crippen LogP contribution in [0.1, 0.15) is 12.0 Å². The van der Waals surface area contributed by atoms with Gasteiger partial charge in [0.1, 0.15) is 0 Å². The van der Waals surface area contributed by atoms with E-state index in [0.717, 1.165) is 12.8 Å². The Bertz CT molecular complexity index is 770. The average Bonchev–Trinajstić information content (AvgIpc) is 2.90. The van der Waals surface area contributed by atoms with Crippen molar-refractivity contribution < 1.29 is 8.42 Å². The van der Waals surface area contributed by atoms with E-state index in [4.69, 9.17) is 0 Å². The predicted molar refractivity (Wildman–Crippen MR) is 85.1 cm³/mol. The molecule has 0 N–H and O–H groups in total. The molecule has 0 bridgehead atoms. The molecule has 1 aromatic heterocycles. The molecule has 5 nitrogen and oxygen atoms in total. The minimum absolute atomic E-state index is 0.247. The topological polar surface area (TPSA) is 55.2 Å². The summed E-state index contributed by atoms with van der Waals surface area (Å²) in [5.74, 6) is 1.60. The molecule has 6 heteroatoms. The average molecular weight is 317 g/mol. The SMILES string of the molecule is O=S(=O)(CC1CC1Cc1ccccc1)N1CCn2ccnc21. The summed E-state index contributed by atoms with van der Waals surface area (Å²) < 4.78 is 28.6. The Balaban J connectivity index is 1.40. The van der Waals surface area contributed by atoms with Gasteiger partial charge in [-0.05, 0) is 30.2 Å². The van der Waals surface area contributed by atoms with Crippen molar-refractivity contribution in [3.63, 3.8) is 0 Å². The molecule has 0 spiro atoms. The van der Waals surface area contributed by atoms with Gasteiger partial charge in [-0.3, -0.25) is 0 Å². The zero-order valence-electron chi connectivity index (χ0n) is 12.3. The maximum atomic E-state index is 12.6. The van der Waals surface area contributed by atoms with Gasteiger partial charge in [0.15, 0.2) is 0 Å². The molecule has 0 saturated heterocycles.